The fraction of sp³-hybridized carbons (Fsp3) is 0.524. The minimum atomic E-state index is -3.46. The summed E-state index contributed by atoms with van der Waals surface area (Å²) in [6.45, 7) is 5.41. The third-order valence-electron chi connectivity index (χ3n) is 5.30. The Morgan fingerprint density at radius 3 is 2.44 bits per heavy atom. The van der Waals surface area contributed by atoms with Crippen LogP contribution in [0.5, 0.6) is 0 Å². The summed E-state index contributed by atoms with van der Waals surface area (Å²) < 4.78 is 34.3. The molecule has 0 atom stereocenters. The van der Waals surface area contributed by atoms with Crippen LogP contribution in [-0.4, -0.2) is 86.8 Å². The molecule has 1 aliphatic rings. The van der Waals surface area contributed by atoms with Crippen LogP contribution in [-0.2, 0) is 14.9 Å². The van der Waals surface area contributed by atoms with Gasteiger partial charge in [-0.2, -0.15) is 26.8 Å². The van der Waals surface area contributed by atoms with Crippen molar-refractivity contribution < 1.29 is 13.2 Å². The van der Waals surface area contributed by atoms with Crippen LogP contribution in [0, 0.1) is 0 Å². The number of hydrogen-bond donors (Lipinski definition) is 1. The first kappa shape index (κ1) is 24.2. The molecule has 10 nitrogen and oxygen atoms in total. The molecule has 0 saturated carbocycles. The summed E-state index contributed by atoms with van der Waals surface area (Å²) in [4.78, 5) is 15.3. The predicted molar refractivity (Wildman–Crippen MR) is 126 cm³/mol. The highest BCUT2D eigenvalue weighted by Gasteiger charge is 2.30. The van der Waals surface area contributed by atoms with Crippen LogP contribution in [0.3, 0.4) is 0 Å². The van der Waals surface area contributed by atoms with Crippen molar-refractivity contribution in [3.8, 4) is 5.69 Å². The normalized spacial score (nSPS) is 15.3. The Kier molecular flexibility index (Phi) is 8.24. The van der Waals surface area contributed by atoms with E-state index in [1.165, 1.54) is 27.4 Å². The number of nitrogens with zero attached hydrogens (tertiary/aromatic N) is 5. The van der Waals surface area contributed by atoms with Gasteiger partial charge in [-0.25, -0.2) is 0 Å². The summed E-state index contributed by atoms with van der Waals surface area (Å²) in [5.41, 5.74) is 1.58. The Hall–Kier alpha value is -2.47. The predicted octanol–water partition coefficient (Wildman–Crippen LogP) is 0.999. The van der Waals surface area contributed by atoms with Crippen LogP contribution >= 0.6 is 0 Å². The molecule has 1 N–H and O–H groups in total. The van der Waals surface area contributed by atoms with E-state index in [1.807, 2.05) is 42.2 Å². The molecule has 1 fully saturated rings. The van der Waals surface area contributed by atoms with Gasteiger partial charge in [-0.05, 0) is 25.5 Å². The van der Waals surface area contributed by atoms with Crippen molar-refractivity contribution in [3.63, 3.8) is 0 Å². The Bertz CT molecular complexity index is 1030. The van der Waals surface area contributed by atoms with E-state index in [0.717, 1.165) is 6.42 Å². The van der Waals surface area contributed by atoms with Gasteiger partial charge in [-0.1, -0.05) is 18.2 Å². The molecular weight excluding hydrogens is 432 g/mol. The van der Waals surface area contributed by atoms with Gasteiger partial charge >= 0.3 is 0 Å². The average molecular weight is 465 g/mol. The number of hydrogen-bond acceptors (Lipinski definition) is 7. The summed E-state index contributed by atoms with van der Waals surface area (Å²) in [6.07, 6.45) is 2.44. The monoisotopic (exact) mass is 464 g/mol. The van der Waals surface area contributed by atoms with Crippen LogP contribution in [0.15, 0.2) is 41.3 Å². The molecule has 0 spiro atoms. The molecule has 2 aromatic rings. The summed E-state index contributed by atoms with van der Waals surface area (Å²) >= 11 is 0. The van der Waals surface area contributed by atoms with E-state index in [0.29, 0.717) is 63.0 Å². The molecule has 1 aromatic carbocycles. The summed E-state index contributed by atoms with van der Waals surface area (Å²) in [5.74, 6) is 0. The molecule has 1 aromatic heterocycles. The lowest BCUT2D eigenvalue weighted by atomic mass is 10.2. The van der Waals surface area contributed by atoms with Gasteiger partial charge in [0.05, 0.1) is 17.6 Å². The summed E-state index contributed by atoms with van der Waals surface area (Å²) in [5, 5.41) is 7.67. The van der Waals surface area contributed by atoms with Crippen LogP contribution in [0.2, 0.25) is 0 Å². The van der Waals surface area contributed by atoms with Gasteiger partial charge in [0.1, 0.15) is 5.69 Å². The van der Waals surface area contributed by atoms with E-state index in [4.69, 9.17) is 4.74 Å². The zero-order chi connectivity index (χ0) is 23.1. The Morgan fingerprint density at radius 2 is 1.81 bits per heavy atom. The highest BCUT2D eigenvalue weighted by atomic mass is 32.2. The quantitative estimate of drug-likeness (QED) is 0.524. The van der Waals surface area contributed by atoms with Crippen LogP contribution in [0.1, 0.15) is 13.3 Å². The molecule has 0 unspecified atom stereocenters. The van der Waals surface area contributed by atoms with Crippen molar-refractivity contribution in [3.05, 3.63) is 46.9 Å². The molecular formula is C21H32N6O4S. The maximum absolute atomic E-state index is 13.3. The number of para-hydroxylation sites is 1. The molecule has 32 heavy (non-hydrogen) atoms. The zero-order valence-electron chi connectivity index (χ0n) is 18.9. The molecule has 0 radical (unpaired) electrons. The van der Waals surface area contributed by atoms with Gasteiger partial charge in [0.25, 0.3) is 15.8 Å². The van der Waals surface area contributed by atoms with E-state index in [1.54, 1.807) is 6.20 Å². The van der Waals surface area contributed by atoms with Crippen molar-refractivity contribution in [2.45, 2.75) is 13.3 Å². The van der Waals surface area contributed by atoms with E-state index in [9.17, 15) is 13.2 Å². The van der Waals surface area contributed by atoms with Crippen LogP contribution < -0.4 is 15.8 Å². The number of ether oxygens (including phenoxy) is 1. The molecule has 0 aliphatic carbocycles. The number of anilines is 2. The molecule has 2 heterocycles. The number of nitrogens with one attached hydrogen (secondary N) is 1. The first-order valence-corrected chi connectivity index (χ1v) is 12.2. The van der Waals surface area contributed by atoms with Gasteiger partial charge < -0.3 is 15.0 Å². The highest BCUT2D eigenvalue weighted by Crippen LogP contribution is 2.24. The van der Waals surface area contributed by atoms with Gasteiger partial charge in [0.15, 0.2) is 0 Å². The molecule has 0 amide bonds. The average Bonchev–Trinajstić information content (AvgIpc) is 2.80. The third kappa shape index (κ3) is 5.47. The van der Waals surface area contributed by atoms with Crippen molar-refractivity contribution in [2.24, 2.45) is 0 Å². The Balaban J connectivity index is 1.85. The number of benzene rings is 1. The zero-order valence-corrected chi connectivity index (χ0v) is 19.7. The molecule has 0 bridgehead atoms. The van der Waals surface area contributed by atoms with Crippen molar-refractivity contribution in [1.82, 2.24) is 18.4 Å². The maximum atomic E-state index is 13.3. The first-order chi connectivity index (χ1) is 15.4. The fourth-order valence-electron chi connectivity index (χ4n) is 3.53. The maximum Gasteiger partial charge on any atom is 0.296 e. The minimum absolute atomic E-state index is 0.242. The standard InChI is InChI=1S/C21H32N6O4S/c1-4-31-16-8-11-22-20-19(17-23-27(21(20)28)18-9-6-5-7-10-18)25-12-14-26(15-13-25)32(29,30)24(2)3/h5-7,9-10,17,22H,4,8,11-16H2,1-3H3. The fourth-order valence-corrected chi connectivity index (χ4v) is 4.61. The van der Waals surface area contributed by atoms with Crippen LogP contribution in [0.4, 0.5) is 11.4 Å². The molecule has 176 valence electrons. The van der Waals surface area contributed by atoms with Gasteiger partial charge in [-0.3, -0.25) is 4.79 Å². The first-order valence-electron chi connectivity index (χ1n) is 10.8. The molecule has 1 aliphatic heterocycles. The van der Waals surface area contributed by atoms with Crippen molar-refractivity contribution in [1.29, 1.82) is 0 Å². The van der Waals surface area contributed by atoms with E-state index in [2.05, 4.69) is 10.4 Å². The number of rotatable bonds is 10. The topological polar surface area (TPSA) is 100 Å². The second-order valence-electron chi connectivity index (χ2n) is 7.61. The van der Waals surface area contributed by atoms with Gasteiger partial charge in [0, 0.05) is 60.0 Å². The molecule has 3 rings (SSSR count). The lowest BCUT2D eigenvalue weighted by Gasteiger charge is -2.36. The number of piperazine rings is 1. The SMILES string of the molecule is CCOCCCNc1c(N2CCN(S(=O)(=O)N(C)C)CC2)cnn(-c2ccccc2)c1=O. The summed E-state index contributed by atoms with van der Waals surface area (Å²) in [6, 6.07) is 9.26. The Morgan fingerprint density at radius 1 is 1.12 bits per heavy atom. The van der Waals surface area contributed by atoms with E-state index < -0.39 is 10.2 Å². The second kappa shape index (κ2) is 10.9. The lowest BCUT2D eigenvalue weighted by Crippen LogP contribution is -2.52. The van der Waals surface area contributed by atoms with Crippen molar-refractivity contribution in [2.75, 3.05) is 70.2 Å². The molecule has 1 saturated heterocycles. The van der Waals surface area contributed by atoms with Crippen molar-refractivity contribution >= 4 is 21.6 Å². The highest BCUT2D eigenvalue weighted by molar-refractivity contribution is 7.86. The summed E-state index contributed by atoms with van der Waals surface area (Å²) in [7, 11) is -0.407. The van der Waals surface area contributed by atoms with Crippen LogP contribution in [0.25, 0.3) is 5.69 Å². The Labute approximate surface area is 189 Å². The smallest absolute Gasteiger partial charge is 0.296 e. The minimum Gasteiger partial charge on any atom is -0.382 e. The number of aromatic nitrogens is 2. The lowest BCUT2D eigenvalue weighted by molar-refractivity contribution is 0.147. The second-order valence-corrected chi connectivity index (χ2v) is 9.75. The van der Waals surface area contributed by atoms with E-state index in [-0.39, 0.29) is 5.56 Å². The van der Waals surface area contributed by atoms with Gasteiger partial charge in [0.2, 0.25) is 0 Å². The molecule has 11 heteroatoms. The van der Waals surface area contributed by atoms with Gasteiger partial charge in [-0.15, -0.1) is 0 Å². The van der Waals surface area contributed by atoms with E-state index >= 15 is 0 Å². The largest absolute Gasteiger partial charge is 0.382 e. The third-order valence-corrected chi connectivity index (χ3v) is 7.24.